The zero-order valence-electron chi connectivity index (χ0n) is 9.64. The second-order valence-corrected chi connectivity index (χ2v) is 5.44. The zero-order valence-corrected chi connectivity index (χ0v) is 11.2. The van der Waals surface area contributed by atoms with Gasteiger partial charge in [0.1, 0.15) is 0 Å². The predicted molar refractivity (Wildman–Crippen MR) is 67.1 cm³/mol. The number of halogens is 1. The van der Waals surface area contributed by atoms with E-state index in [-0.39, 0.29) is 0 Å². The molecule has 0 saturated carbocycles. The molecule has 1 rings (SSSR count). The number of likely N-dealkylation sites (tertiary alicyclic amines) is 1. The maximum atomic E-state index is 3.48. The first-order chi connectivity index (χ1) is 6.75. The number of nitrogens with zero attached hydrogens (tertiary/aromatic N) is 1. The van der Waals surface area contributed by atoms with E-state index in [0.717, 1.165) is 12.0 Å². The van der Waals surface area contributed by atoms with Crippen LogP contribution < -0.4 is 0 Å². The largest absolute Gasteiger partial charge is 0.300 e. The molecule has 2 atom stereocenters. The summed E-state index contributed by atoms with van der Waals surface area (Å²) in [7, 11) is 0. The van der Waals surface area contributed by atoms with Crippen LogP contribution >= 0.6 is 15.9 Å². The van der Waals surface area contributed by atoms with Gasteiger partial charge in [0.15, 0.2) is 0 Å². The lowest BCUT2D eigenvalue weighted by Gasteiger charge is -2.37. The molecular formula is C12H24BrN. The summed E-state index contributed by atoms with van der Waals surface area (Å²) in [4.78, 5) is 2.68. The van der Waals surface area contributed by atoms with Crippen molar-refractivity contribution in [2.45, 2.75) is 52.0 Å². The van der Waals surface area contributed by atoms with Crippen molar-refractivity contribution in [3.05, 3.63) is 0 Å². The Bertz CT molecular complexity index is 149. The molecule has 0 aromatic rings. The average molecular weight is 262 g/mol. The molecule has 1 saturated heterocycles. The van der Waals surface area contributed by atoms with E-state index in [2.05, 4.69) is 34.7 Å². The van der Waals surface area contributed by atoms with Crippen molar-refractivity contribution in [1.29, 1.82) is 0 Å². The summed E-state index contributed by atoms with van der Waals surface area (Å²) in [5.41, 5.74) is 0. The van der Waals surface area contributed by atoms with E-state index < -0.39 is 0 Å². The van der Waals surface area contributed by atoms with Crippen molar-refractivity contribution < 1.29 is 0 Å². The van der Waals surface area contributed by atoms with E-state index >= 15 is 0 Å². The number of piperidine rings is 1. The molecule has 1 nitrogen and oxygen atoms in total. The van der Waals surface area contributed by atoms with Crippen molar-refractivity contribution in [2.24, 2.45) is 5.92 Å². The van der Waals surface area contributed by atoms with Gasteiger partial charge in [-0.3, -0.25) is 0 Å². The Morgan fingerprint density at radius 1 is 1.21 bits per heavy atom. The first-order valence-corrected chi connectivity index (χ1v) is 7.18. The van der Waals surface area contributed by atoms with Crippen molar-refractivity contribution >= 4 is 15.9 Å². The van der Waals surface area contributed by atoms with Crippen LogP contribution in [-0.4, -0.2) is 29.4 Å². The molecule has 1 heterocycles. The third-order valence-electron chi connectivity index (χ3n) is 3.58. The minimum Gasteiger partial charge on any atom is -0.300 e. The van der Waals surface area contributed by atoms with Crippen LogP contribution in [0.2, 0.25) is 0 Å². The smallest absolute Gasteiger partial charge is 0.00925 e. The fourth-order valence-corrected chi connectivity index (χ4v) is 2.72. The van der Waals surface area contributed by atoms with Gasteiger partial charge in [-0.25, -0.2) is 0 Å². The number of unbranched alkanes of at least 4 members (excludes halogenated alkanes) is 2. The highest BCUT2D eigenvalue weighted by Crippen LogP contribution is 2.22. The molecule has 0 aromatic carbocycles. The number of rotatable bonds is 5. The van der Waals surface area contributed by atoms with Crippen molar-refractivity contribution in [3.8, 4) is 0 Å². The van der Waals surface area contributed by atoms with Crippen LogP contribution in [-0.2, 0) is 0 Å². The summed E-state index contributed by atoms with van der Waals surface area (Å²) >= 11 is 3.48. The third kappa shape index (κ3) is 3.90. The Kier molecular flexibility index (Phi) is 6.11. The summed E-state index contributed by atoms with van der Waals surface area (Å²) in [5.74, 6) is 0.903. The van der Waals surface area contributed by atoms with Crippen LogP contribution in [0.1, 0.15) is 46.0 Å². The highest BCUT2D eigenvalue weighted by Gasteiger charge is 2.23. The van der Waals surface area contributed by atoms with Crippen LogP contribution in [0.5, 0.6) is 0 Å². The van der Waals surface area contributed by atoms with Crippen LogP contribution in [0.25, 0.3) is 0 Å². The number of hydrogen-bond donors (Lipinski definition) is 0. The van der Waals surface area contributed by atoms with E-state index in [4.69, 9.17) is 0 Å². The summed E-state index contributed by atoms with van der Waals surface area (Å²) in [6.45, 7) is 7.45. The molecule has 84 valence electrons. The van der Waals surface area contributed by atoms with Gasteiger partial charge in [0.2, 0.25) is 0 Å². The molecule has 1 aliphatic heterocycles. The van der Waals surface area contributed by atoms with E-state index in [1.807, 2.05) is 0 Å². The highest BCUT2D eigenvalue weighted by molar-refractivity contribution is 9.09. The Morgan fingerprint density at radius 2 is 2.00 bits per heavy atom. The lowest BCUT2D eigenvalue weighted by Crippen LogP contribution is -2.42. The molecule has 0 spiro atoms. The van der Waals surface area contributed by atoms with Crippen LogP contribution in [0.15, 0.2) is 0 Å². The summed E-state index contributed by atoms with van der Waals surface area (Å²) in [6, 6.07) is 0.813. The second-order valence-electron chi connectivity index (χ2n) is 4.65. The van der Waals surface area contributed by atoms with Gasteiger partial charge in [-0.15, -0.1) is 0 Å². The minimum atomic E-state index is 0.813. The molecule has 0 aliphatic carbocycles. The fraction of sp³-hybridized carbons (Fsp3) is 1.00. The van der Waals surface area contributed by atoms with E-state index in [0.29, 0.717) is 0 Å². The molecule has 0 aromatic heterocycles. The highest BCUT2D eigenvalue weighted by atomic mass is 79.9. The van der Waals surface area contributed by atoms with Crippen LogP contribution in [0.4, 0.5) is 0 Å². The van der Waals surface area contributed by atoms with E-state index in [1.165, 1.54) is 50.5 Å². The van der Waals surface area contributed by atoms with Crippen molar-refractivity contribution in [1.82, 2.24) is 4.90 Å². The lowest BCUT2D eigenvalue weighted by molar-refractivity contribution is 0.112. The first-order valence-electron chi connectivity index (χ1n) is 6.05. The van der Waals surface area contributed by atoms with E-state index in [1.54, 1.807) is 0 Å². The maximum absolute atomic E-state index is 3.48. The third-order valence-corrected chi connectivity index (χ3v) is 4.14. The van der Waals surface area contributed by atoms with Crippen LogP contribution in [0, 0.1) is 5.92 Å². The predicted octanol–water partition coefficient (Wildman–Crippen LogP) is 3.67. The summed E-state index contributed by atoms with van der Waals surface area (Å²) in [5, 5.41) is 1.17. The molecular weight excluding hydrogens is 238 g/mol. The van der Waals surface area contributed by atoms with Gasteiger partial charge in [-0.05, 0) is 51.6 Å². The lowest BCUT2D eigenvalue weighted by atomic mass is 9.92. The molecule has 2 unspecified atom stereocenters. The molecule has 14 heavy (non-hydrogen) atoms. The van der Waals surface area contributed by atoms with Gasteiger partial charge in [-0.1, -0.05) is 29.3 Å². The molecule has 0 radical (unpaired) electrons. The summed E-state index contributed by atoms with van der Waals surface area (Å²) < 4.78 is 0. The van der Waals surface area contributed by atoms with Crippen LogP contribution in [0.3, 0.4) is 0 Å². The molecule has 1 fully saturated rings. The second kappa shape index (κ2) is 6.84. The monoisotopic (exact) mass is 261 g/mol. The molecule has 0 bridgehead atoms. The van der Waals surface area contributed by atoms with E-state index in [9.17, 15) is 0 Å². The van der Waals surface area contributed by atoms with Crippen molar-refractivity contribution in [2.75, 3.05) is 18.4 Å². The average Bonchev–Trinajstić information content (AvgIpc) is 2.19. The number of hydrogen-bond acceptors (Lipinski definition) is 1. The quantitative estimate of drug-likeness (QED) is 0.539. The fourth-order valence-electron chi connectivity index (χ4n) is 2.32. The summed E-state index contributed by atoms with van der Waals surface area (Å²) in [6.07, 6.45) is 6.92. The van der Waals surface area contributed by atoms with Gasteiger partial charge in [0, 0.05) is 11.4 Å². The minimum absolute atomic E-state index is 0.813. The first kappa shape index (κ1) is 12.5. The van der Waals surface area contributed by atoms with Crippen molar-refractivity contribution in [3.63, 3.8) is 0 Å². The normalized spacial score (nSPS) is 29.4. The zero-order chi connectivity index (χ0) is 10.4. The molecule has 1 aliphatic rings. The Hall–Kier alpha value is 0.440. The Balaban J connectivity index is 2.15. The van der Waals surface area contributed by atoms with Gasteiger partial charge < -0.3 is 4.90 Å². The van der Waals surface area contributed by atoms with Gasteiger partial charge in [0.25, 0.3) is 0 Å². The number of alkyl halides is 1. The molecule has 2 heteroatoms. The molecule has 0 amide bonds. The topological polar surface area (TPSA) is 3.24 Å². The Labute approximate surface area is 97.4 Å². The Morgan fingerprint density at radius 3 is 2.71 bits per heavy atom. The standard InChI is InChI=1S/C12H24BrN/c1-11-7-6-10-14(12(11)2)9-5-3-4-8-13/h11-12H,3-10H2,1-2H3. The van der Waals surface area contributed by atoms with Gasteiger partial charge in [-0.2, -0.15) is 0 Å². The van der Waals surface area contributed by atoms with Gasteiger partial charge >= 0.3 is 0 Å². The molecule has 0 N–H and O–H groups in total. The maximum Gasteiger partial charge on any atom is 0.00925 e. The SMILES string of the molecule is CC1CCCN(CCCCCBr)C1C. The van der Waals surface area contributed by atoms with Gasteiger partial charge in [0.05, 0.1) is 0 Å².